The standard InChI is InChI=1S/C22H16N2O2/c25-21-14-8-7-13-18(21)22(26)20-15-19(16-9-3-1-4-10-16)23-24(20)17-11-5-2-6-12-17/h1-15,25H. The van der Waals surface area contributed by atoms with Gasteiger partial charge in [-0.2, -0.15) is 5.10 Å². The van der Waals surface area contributed by atoms with Crippen LogP contribution < -0.4 is 0 Å². The summed E-state index contributed by atoms with van der Waals surface area (Å²) in [6.07, 6.45) is 0. The van der Waals surface area contributed by atoms with Crippen LogP contribution in [0.2, 0.25) is 0 Å². The van der Waals surface area contributed by atoms with Crippen molar-refractivity contribution in [2.24, 2.45) is 0 Å². The predicted octanol–water partition coefficient (Wildman–Crippen LogP) is 4.48. The maximum Gasteiger partial charge on any atom is 0.215 e. The van der Waals surface area contributed by atoms with Gasteiger partial charge in [0.15, 0.2) is 0 Å². The largest absolute Gasteiger partial charge is 0.507 e. The molecule has 1 N–H and O–H groups in total. The highest BCUT2D eigenvalue weighted by atomic mass is 16.3. The zero-order valence-corrected chi connectivity index (χ0v) is 13.9. The molecule has 126 valence electrons. The third-order valence-corrected chi connectivity index (χ3v) is 4.16. The Morgan fingerprint density at radius 2 is 1.42 bits per heavy atom. The number of hydrogen-bond donors (Lipinski definition) is 1. The van der Waals surface area contributed by atoms with Crippen LogP contribution in [0.15, 0.2) is 91.0 Å². The summed E-state index contributed by atoms with van der Waals surface area (Å²) in [6.45, 7) is 0. The molecule has 0 radical (unpaired) electrons. The van der Waals surface area contributed by atoms with Crippen LogP contribution >= 0.6 is 0 Å². The third-order valence-electron chi connectivity index (χ3n) is 4.16. The zero-order chi connectivity index (χ0) is 17.9. The van der Waals surface area contributed by atoms with Gasteiger partial charge in [0.1, 0.15) is 11.4 Å². The van der Waals surface area contributed by atoms with Crippen LogP contribution in [0.5, 0.6) is 5.75 Å². The van der Waals surface area contributed by atoms with Gasteiger partial charge in [0.25, 0.3) is 0 Å². The van der Waals surface area contributed by atoms with Crippen molar-refractivity contribution in [3.63, 3.8) is 0 Å². The van der Waals surface area contributed by atoms with Gasteiger partial charge in [-0.1, -0.05) is 60.7 Å². The summed E-state index contributed by atoms with van der Waals surface area (Å²) in [6, 6.07) is 27.5. The number of carbonyl (C=O) groups excluding carboxylic acids is 1. The lowest BCUT2D eigenvalue weighted by molar-refractivity contribution is 0.102. The molecule has 1 heterocycles. The summed E-state index contributed by atoms with van der Waals surface area (Å²) < 4.78 is 1.62. The zero-order valence-electron chi connectivity index (χ0n) is 13.9. The lowest BCUT2D eigenvalue weighted by Crippen LogP contribution is -2.10. The van der Waals surface area contributed by atoms with Crippen molar-refractivity contribution in [3.05, 3.63) is 102 Å². The van der Waals surface area contributed by atoms with E-state index in [1.807, 2.05) is 60.7 Å². The third kappa shape index (κ3) is 2.89. The molecule has 0 bridgehead atoms. The van der Waals surface area contributed by atoms with Crippen LogP contribution in [-0.2, 0) is 0 Å². The second kappa shape index (κ2) is 6.69. The van der Waals surface area contributed by atoms with Gasteiger partial charge in [0.05, 0.1) is 16.9 Å². The second-order valence-corrected chi connectivity index (χ2v) is 5.87. The lowest BCUT2D eigenvalue weighted by Gasteiger charge is -2.07. The molecule has 4 rings (SSSR count). The van der Waals surface area contributed by atoms with E-state index in [0.29, 0.717) is 11.4 Å². The van der Waals surface area contributed by atoms with Crippen molar-refractivity contribution in [3.8, 4) is 22.7 Å². The Balaban J connectivity index is 1.89. The van der Waals surface area contributed by atoms with Crippen molar-refractivity contribution >= 4 is 5.78 Å². The lowest BCUT2D eigenvalue weighted by atomic mass is 10.1. The van der Waals surface area contributed by atoms with Crippen LogP contribution in [-0.4, -0.2) is 20.7 Å². The Bertz CT molecular complexity index is 1050. The number of aromatic hydroxyl groups is 1. The van der Waals surface area contributed by atoms with Crippen molar-refractivity contribution < 1.29 is 9.90 Å². The van der Waals surface area contributed by atoms with Gasteiger partial charge in [-0.05, 0) is 30.3 Å². The fourth-order valence-corrected chi connectivity index (χ4v) is 2.86. The molecule has 0 aliphatic heterocycles. The minimum absolute atomic E-state index is 0.0421. The first-order valence-electron chi connectivity index (χ1n) is 8.27. The van der Waals surface area contributed by atoms with E-state index < -0.39 is 0 Å². The van der Waals surface area contributed by atoms with Crippen LogP contribution in [0, 0.1) is 0 Å². The number of rotatable bonds is 4. The fraction of sp³-hybridized carbons (Fsp3) is 0. The molecule has 0 aliphatic rings. The SMILES string of the molecule is O=C(c1ccccc1O)c1cc(-c2ccccc2)nn1-c1ccccc1. The van der Waals surface area contributed by atoms with Crippen LogP contribution in [0.25, 0.3) is 16.9 Å². The maximum atomic E-state index is 13.1. The monoisotopic (exact) mass is 340 g/mol. The van der Waals surface area contributed by atoms with Gasteiger partial charge in [-0.3, -0.25) is 4.79 Å². The Morgan fingerprint density at radius 3 is 2.12 bits per heavy atom. The smallest absolute Gasteiger partial charge is 0.215 e. The summed E-state index contributed by atoms with van der Waals surface area (Å²) >= 11 is 0. The molecule has 0 atom stereocenters. The van der Waals surface area contributed by atoms with E-state index in [0.717, 1.165) is 11.3 Å². The molecule has 1 aromatic heterocycles. The molecular weight excluding hydrogens is 324 g/mol. The fourth-order valence-electron chi connectivity index (χ4n) is 2.86. The van der Waals surface area contributed by atoms with Crippen LogP contribution in [0.1, 0.15) is 16.1 Å². The minimum Gasteiger partial charge on any atom is -0.507 e. The van der Waals surface area contributed by atoms with Gasteiger partial charge >= 0.3 is 0 Å². The predicted molar refractivity (Wildman–Crippen MR) is 101 cm³/mol. The summed E-state index contributed by atoms with van der Waals surface area (Å²) in [5.41, 5.74) is 3.07. The van der Waals surface area contributed by atoms with Gasteiger partial charge < -0.3 is 5.11 Å². The minimum atomic E-state index is -0.276. The Labute approximate surface area is 151 Å². The quantitative estimate of drug-likeness (QED) is 0.558. The van der Waals surface area contributed by atoms with Crippen molar-refractivity contribution in [2.75, 3.05) is 0 Å². The Morgan fingerprint density at radius 1 is 0.808 bits per heavy atom. The molecule has 4 heteroatoms. The number of para-hydroxylation sites is 2. The normalized spacial score (nSPS) is 10.6. The van der Waals surface area contributed by atoms with Gasteiger partial charge in [-0.25, -0.2) is 4.68 Å². The summed E-state index contributed by atoms with van der Waals surface area (Å²) in [7, 11) is 0. The van der Waals surface area contributed by atoms with Crippen molar-refractivity contribution in [2.45, 2.75) is 0 Å². The molecule has 0 spiro atoms. The average Bonchev–Trinajstić information content (AvgIpc) is 3.15. The van der Waals surface area contributed by atoms with Crippen molar-refractivity contribution in [1.29, 1.82) is 0 Å². The number of nitrogens with zero attached hydrogens (tertiary/aromatic N) is 2. The van der Waals surface area contributed by atoms with E-state index in [1.54, 1.807) is 28.9 Å². The molecule has 0 fully saturated rings. The molecule has 4 nitrogen and oxygen atoms in total. The Hall–Kier alpha value is -3.66. The molecule has 0 saturated heterocycles. The van der Waals surface area contributed by atoms with Gasteiger partial charge in [-0.15, -0.1) is 0 Å². The molecule has 26 heavy (non-hydrogen) atoms. The number of benzene rings is 3. The number of phenols is 1. The van der Waals surface area contributed by atoms with E-state index >= 15 is 0 Å². The van der Waals surface area contributed by atoms with E-state index in [-0.39, 0.29) is 17.1 Å². The number of phenolic OH excluding ortho intramolecular Hbond substituents is 1. The van der Waals surface area contributed by atoms with Gasteiger partial charge in [0.2, 0.25) is 5.78 Å². The molecule has 0 aliphatic carbocycles. The van der Waals surface area contributed by atoms with Crippen LogP contribution in [0.4, 0.5) is 0 Å². The van der Waals surface area contributed by atoms with E-state index in [2.05, 4.69) is 5.10 Å². The number of aromatic nitrogens is 2. The highest BCUT2D eigenvalue weighted by Crippen LogP contribution is 2.26. The van der Waals surface area contributed by atoms with Crippen LogP contribution in [0.3, 0.4) is 0 Å². The molecule has 0 amide bonds. The second-order valence-electron chi connectivity index (χ2n) is 5.87. The summed E-state index contributed by atoms with van der Waals surface area (Å²) in [5.74, 6) is -0.318. The molecule has 0 saturated carbocycles. The first kappa shape index (κ1) is 15.8. The first-order valence-corrected chi connectivity index (χ1v) is 8.27. The average molecular weight is 340 g/mol. The summed E-state index contributed by atoms with van der Waals surface area (Å²) in [5, 5.41) is 14.7. The van der Waals surface area contributed by atoms with Gasteiger partial charge in [0, 0.05) is 5.56 Å². The molecule has 0 unspecified atom stereocenters. The van der Waals surface area contributed by atoms with E-state index in [1.165, 1.54) is 6.07 Å². The van der Waals surface area contributed by atoms with Crippen molar-refractivity contribution in [1.82, 2.24) is 9.78 Å². The molecule has 4 aromatic rings. The number of ketones is 1. The molecular formula is C22H16N2O2. The van der Waals surface area contributed by atoms with E-state index in [4.69, 9.17) is 0 Å². The maximum absolute atomic E-state index is 13.1. The number of carbonyl (C=O) groups is 1. The summed E-state index contributed by atoms with van der Waals surface area (Å²) in [4.78, 5) is 13.1. The first-order chi connectivity index (χ1) is 12.7. The highest BCUT2D eigenvalue weighted by molar-refractivity contribution is 6.10. The highest BCUT2D eigenvalue weighted by Gasteiger charge is 2.21. The number of hydrogen-bond acceptors (Lipinski definition) is 3. The molecule has 3 aromatic carbocycles. The topological polar surface area (TPSA) is 55.1 Å². The Kier molecular flexibility index (Phi) is 4.07. The van der Waals surface area contributed by atoms with E-state index in [9.17, 15) is 9.90 Å².